The van der Waals surface area contributed by atoms with Gasteiger partial charge in [-0.15, -0.1) is 0 Å². The zero-order valence-electron chi connectivity index (χ0n) is 55.5. The predicted octanol–water partition coefficient (Wildman–Crippen LogP) is 19.1. The Kier molecular flexibility index (Phi) is 60.6. The van der Waals surface area contributed by atoms with Crippen LogP contribution in [-0.2, 0) is 65.4 Å². The SMILES string of the molecule is CCCCCC/C=C\C=C/CCCCCCCC(=O)O[C@H](COC(=O)CCCCCCCCCCCCCCC)COP(=O)(O)OC[C@@H](O)COP(=O)(O)OC[C@@H](COC(=O)CCCCCCCCCCC)OC(=O)CCCCCCCCCCCC. The van der Waals surface area contributed by atoms with E-state index in [1.807, 2.05) is 0 Å². The number of phosphoric acid groups is 2. The van der Waals surface area contributed by atoms with E-state index in [9.17, 15) is 43.2 Å². The summed E-state index contributed by atoms with van der Waals surface area (Å²) < 4.78 is 68.1. The molecule has 0 aromatic carbocycles. The van der Waals surface area contributed by atoms with Crippen molar-refractivity contribution in [2.75, 3.05) is 39.6 Å². The monoisotopic (exact) mass is 1280 g/mol. The van der Waals surface area contributed by atoms with Crippen molar-refractivity contribution in [1.82, 2.24) is 0 Å². The Morgan fingerprint density at radius 2 is 0.552 bits per heavy atom. The molecule has 3 N–H and O–H groups in total. The van der Waals surface area contributed by atoms with Gasteiger partial charge in [0.25, 0.3) is 0 Å². The molecule has 19 heteroatoms. The summed E-state index contributed by atoms with van der Waals surface area (Å²) in [6.45, 7) is 4.84. The van der Waals surface area contributed by atoms with Crippen molar-refractivity contribution in [2.24, 2.45) is 0 Å². The van der Waals surface area contributed by atoms with Crippen LogP contribution in [0.15, 0.2) is 24.3 Å². The molecule has 0 radical (unpaired) electrons. The Balaban J connectivity index is 5.27. The third-order valence-electron chi connectivity index (χ3n) is 15.2. The minimum absolute atomic E-state index is 0.0857. The number of aliphatic hydroxyl groups excluding tert-OH is 1. The zero-order chi connectivity index (χ0) is 64.0. The molecule has 0 heterocycles. The first-order chi connectivity index (χ1) is 42.2. The number of ether oxygens (including phenoxy) is 4. The van der Waals surface area contributed by atoms with Crippen LogP contribution in [0.5, 0.6) is 0 Å². The van der Waals surface area contributed by atoms with E-state index in [1.165, 1.54) is 148 Å². The summed E-state index contributed by atoms with van der Waals surface area (Å²) in [7, 11) is -9.90. The first-order valence-electron chi connectivity index (χ1n) is 35.1. The van der Waals surface area contributed by atoms with Crippen LogP contribution in [0.25, 0.3) is 0 Å². The van der Waals surface area contributed by atoms with Gasteiger partial charge in [-0.1, -0.05) is 277 Å². The lowest BCUT2D eigenvalue weighted by Crippen LogP contribution is -2.30. The third-order valence-corrected chi connectivity index (χ3v) is 17.1. The van der Waals surface area contributed by atoms with Gasteiger partial charge in [0.15, 0.2) is 12.2 Å². The van der Waals surface area contributed by atoms with Crippen LogP contribution in [0.3, 0.4) is 0 Å². The van der Waals surface area contributed by atoms with Gasteiger partial charge in [0.05, 0.1) is 26.4 Å². The van der Waals surface area contributed by atoms with Crippen molar-refractivity contribution in [2.45, 2.75) is 348 Å². The number of aliphatic hydroxyl groups is 1. The minimum Gasteiger partial charge on any atom is -0.462 e. The second kappa shape index (κ2) is 62.4. The molecule has 0 spiro atoms. The highest BCUT2D eigenvalue weighted by molar-refractivity contribution is 7.47. The van der Waals surface area contributed by atoms with E-state index in [1.54, 1.807) is 0 Å². The molecule has 0 fully saturated rings. The molecule has 17 nitrogen and oxygen atoms in total. The molecule has 0 amide bonds. The molecule has 5 atom stereocenters. The summed E-state index contributed by atoms with van der Waals surface area (Å²) >= 11 is 0. The molecule has 0 aliphatic carbocycles. The van der Waals surface area contributed by atoms with E-state index in [4.69, 9.17) is 37.0 Å². The van der Waals surface area contributed by atoms with Crippen LogP contribution < -0.4 is 0 Å². The summed E-state index contributed by atoms with van der Waals surface area (Å²) in [6.07, 6.45) is 52.0. The highest BCUT2D eigenvalue weighted by atomic mass is 31.2. The highest BCUT2D eigenvalue weighted by Crippen LogP contribution is 2.45. The average Bonchev–Trinajstić information content (AvgIpc) is 3.71. The van der Waals surface area contributed by atoms with Gasteiger partial charge >= 0.3 is 39.5 Å². The number of rotatable bonds is 67. The summed E-state index contributed by atoms with van der Waals surface area (Å²) in [5, 5.41) is 10.6. The lowest BCUT2D eigenvalue weighted by atomic mass is 10.0. The Labute approximate surface area is 529 Å². The van der Waals surface area contributed by atoms with Gasteiger partial charge in [0.1, 0.15) is 19.3 Å². The highest BCUT2D eigenvalue weighted by Gasteiger charge is 2.30. The van der Waals surface area contributed by atoms with Crippen molar-refractivity contribution in [1.29, 1.82) is 0 Å². The molecule has 0 aliphatic rings. The molecule has 512 valence electrons. The number of carbonyl (C=O) groups is 4. The van der Waals surface area contributed by atoms with Crippen LogP contribution >= 0.6 is 15.6 Å². The average molecular weight is 1280 g/mol. The van der Waals surface area contributed by atoms with E-state index in [2.05, 4.69) is 52.0 Å². The third kappa shape index (κ3) is 62.1. The number of hydrogen-bond donors (Lipinski definition) is 3. The summed E-state index contributed by atoms with van der Waals surface area (Å²) in [4.78, 5) is 72.3. The van der Waals surface area contributed by atoms with Gasteiger partial charge in [0, 0.05) is 25.7 Å². The second-order valence-electron chi connectivity index (χ2n) is 23.9. The normalized spacial score (nSPS) is 14.2. The molecule has 0 rings (SSSR count). The van der Waals surface area contributed by atoms with Gasteiger partial charge in [-0.2, -0.15) is 0 Å². The molecule has 0 bridgehead atoms. The van der Waals surface area contributed by atoms with Crippen molar-refractivity contribution in [3.63, 3.8) is 0 Å². The Hall–Kier alpha value is -2.46. The van der Waals surface area contributed by atoms with Gasteiger partial charge in [-0.3, -0.25) is 37.3 Å². The number of hydrogen-bond acceptors (Lipinski definition) is 15. The number of unbranched alkanes of at least 4 members (excludes halogenated alkanes) is 38. The Bertz CT molecular complexity index is 1760. The maximum Gasteiger partial charge on any atom is 0.472 e. The van der Waals surface area contributed by atoms with Crippen LogP contribution in [0.2, 0.25) is 0 Å². The molecular weight excluding hydrogens is 1150 g/mol. The summed E-state index contributed by atoms with van der Waals surface area (Å²) in [6, 6.07) is 0. The Morgan fingerprint density at radius 3 is 0.839 bits per heavy atom. The summed E-state index contributed by atoms with van der Waals surface area (Å²) in [5.74, 6) is -2.16. The predicted molar refractivity (Wildman–Crippen MR) is 349 cm³/mol. The van der Waals surface area contributed by atoms with Gasteiger partial charge in [-0.25, -0.2) is 9.13 Å². The van der Waals surface area contributed by atoms with Gasteiger partial charge in [0.2, 0.25) is 0 Å². The maximum absolute atomic E-state index is 13.0. The van der Waals surface area contributed by atoms with Gasteiger partial charge < -0.3 is 33.8 Å². The molecule has 0 saturated carbocycles. The van der Waals surface area contributed by atoms with Crippen LogP contribution in [0.1, 0.15) is 329 Å². The van der Waals surface area contributed by atoms with E-state index < -0.39 is 97.5 Å². The van der Waals surface area contributed by atoms with Gasteiger partial charge in [-0.05, 0) is 51.4 Å². The minimum atomic E-state index is -4.96. The summed E-state index contributed by atoms with van der Waals surface area (Å²) in [5.41, 5.74) is 0. The van der Waals surface area contributed by atoms with Crippen molar-refractivity contribution >= 4 is 39.5 Å². The van der Waals surface area contributed by atoms with Crippen molar-refractivity contribution < 1.29 is 80.2 Å². The zero-order valence-corrected chi connectivity index (χ0v) is 57.3. The van der Waals surface area contributed by atoms with Crippen LogP contribution in [0, 0.1) is 0 Å². The van der Waals surface area contributed by atoms with E-state index in [0.29, 0.717) is 25.7 Å². The lowest BCUT2D eigenvalue weighted by Gasteiger charge is -2.21. The largest absolute Gasteiger partial charge is 0.472 e. The smallest absolute Gasteiger partial charge is 0.462 e. The standard InChI is InChI=1S/C68H128O17P2/c1-5-9-13-17-21-25-28-30-31-33-35-39-43-47-51-55-68(73)85-64(59-79-66(71)53-49-45-41-38-34-32-29-26-22-18-14-10-6-2)61-83-87(76,77)81-57-62(69)56-80-86(74,75)82-60-63(58-78-65(70)52-48-44-40-36-24-20-16-12-8-4)84-67(72)54-50-46-42-37-27-23-19-15-11-7-3/h25,28,30-31,62-64,69H,5-24,26-27,29,32-61H2,1-4H3,(H,74,75)(H,76,77)/b28-25-,31-30-/t62-,63+,64+/m0/s1. The molecule has 0 aromatic rings. The number of esters is 4. The van der Waals surface area contributed by atoms with Crippen LogP contribution in [0.4, 0.5) is 0 Å². The molecule has 0 aliphatic heterocycles. The van der Waals surface area contributed by atoms with Crippen molar-refractivity contribution in [3.05, 3.63) is 24.3 Å². The molecule has 0 aromatic heterocycles. The van der Waals surface area contributed by atoms with E-state index in [-0.39, 0.29) is 25.7 Å². The number of phosphoric ester groups is 2. The topological polar surface area (TPSA) is 237 Å². The fraction of sp³-hybridized carbons (Fsp3) is 0.882. The fourth-order valence-corrected chi connectivity index (χ4v) is 11.4. The van der Waals surface area contributed by atoms with Crippen molar-refractivity contribution in [3.8, 4) is 0 Å². The maximum atomic E-state index is 13.0. The fourth-order valence-electron chi connectivity index (χ4n) is 9.80. The van der Waals surface area contributed by atoms with E-state index >= 15 is 0 Å². The first-order valence-corrected chi connectivity index (χ1v) is 38.1. The number of carbonyl (C=O) groups excluding carboxylic acids is 4. The quantitative estimate of drug-likeness (QED) is 0.0169. The van der Waals surface area contributed by atoms with Crippen LogP contribution in [-0.4, -0.2) is 96.7 Å². The Morgan fingerprint density at radius 1 is 0.322 bits per heavy atom. The first kappa shape index (κ1) is 84.5. The lowest BCUT2D eigenvalue weighted by molar-refractivity contribution is -0.161. The van der Waals surface area contributed by atoms with E-state index in [0.717, 1.165) is 103 Å². The molecule has 2 unspecified atom stereocenters. The second-order valence-corrected chi connectivity index (χ2v) is 26.8. The number of allylic oxidation sites excluding steroid dienone is 4. The molecule has 87 heavy (non-hydrogen) atoms. The molecule has 0 saturated heterocycles. The molecular formula is C68H128O17P2.